The Morgan fingerprint density at radius 2 is 2.12 bits per heavy atom. The van der Waals surface area contributed by atoms with Gasteiger partial charge in [-0.3, -0.25) is 9.69 Å². The molecular formula is C11H25Cl2N3O. The molecule has 1 fully saturated rings. The molecule has 0 aromatic rings. The third-order valence-electron chi connectivity index (χ3n) is 3.16. The molecule has 2 N–H and O–H groups in total. The van der Waals surface area contributed by atoms with Gasteiger partial charge < -0.3 is 10.6 Å². The number of rotatable bonds is 4. The highest BCUT2D eigenvalue weighted by Crippen LogP contribution is 2.17. The van der Waals surface area contributed by atoms with Gasteiger partial charge in [-0.2, -0.15) is 0 Å². The van der Waals surface area contributed by atoms with Crippen LogP contribution in [0.5, 0.6) is 0 Å². The summed E-state index contributed by atoms with van der Waals surface area (Å²) in [4.78, 5) is 15.8. The summed E-state index contributed by atoms with van der Waals surface area (Å²) in [7, 11) is 1.85. The normalized spacial score (nSPS) is 21.3. The molecule has 1 aliphatic heterocycles. The van der Waals surface area contributed by atoms with Crippen molar-refractivity contribution in [1.82, 2.24) is 9.80 Å². The number of nitrogens with two attached hydrogens (primary N) is 1. The smallest absolute Gasteiger partial charge is 0.238 e. The number of amides is 1. The van der Waals surface area contributed by atoms with Crippen LogP contribution in [0.15, 0.2) is 0 Å². The molecule has 0 aromatic heterocycles. The number of carbonyl (C=O) groups is 1. The van der Waals surface area contributed by atoms with Gasteiger partial charge in [0.15, 0.2) is 0 Å². The molecule has 1 unspecified atom stereocenters. The van der Waals surface area contributed by atoms with E-state index in [1.807, 2.05) is 7.05 Å². The molecule has 1 rings (SSSR count). The van der Waals surface area contributed by atoms with Crippen LogP contribution in [0.25, 0.3) is 0 Å². The summed E-state index contributed by atoms with van der Waals surface area (Å²) < 4.78 is 0. The SMILES string of the molecule is CCN1CCCC1CN(C)C(=O)[C@H](C)N.Cl.Cl. The predicted octanol–water partition coefficient (Wildman–Crippen LogP) is 1.12. The van der Waals surface area contributed by atoms with Crippen molar-refractivity contribution in [2.45, 2.75) is 38.8 Å². The molecule has 6 heteroatoms. The first-order valence-corrected chi connectivity index (χ1v) is 5.80. The van der Waals surface area contributed by atoms with Gasteiger partial charge >= 0.3 is 0 Å². The summed E-state index contributed by atoms with van der Waals surface area (Å²) in [5.41, 5.74) is 5.57. The summed E-state index contributed by atoms with van der Waals surface area (Å²) in [6.45, 7) is 6.97. The topological polar surface area (TPSA) is 49.6 Å². The van der Waals surface area contributed by atoms with Crippen LogP contribution in [-0.2, 0) is 4.79 Å². The Morgan fingerprint density at radius 1 is 1.53 bits per heavy atom. The molecule has 4 nitrogen and oxygen atoms in total. The van der Waals surface area contributed by atoms with Gasteiger partial charge in [-0.15, -0.1) is 24.8 Å². The minimum Gasteiger partial charge on any atom is -0.343 e. The van der Waals surface area contributed by atoms with Crippen LogP contribution in [-0.4, -0.2) is 54.5 Å². The lowest BCUT2D eigenvalue weighted by Gasteiger charge is -2.28. The second-order valence-corrected chi connectivity index (χ2v) is 4.43. The number of likely N-dealkylation sites (N-methyl/N-ethyl adjacent to an activating group) is 2. The zero-order valence-corrected chi connectivity index (χ0v) is 12.5. The van der Waals surface area contributed by atoms with Crippen molar-refractivity contribution in [1.29, 1.82) is 0 Å². The summed E-state index contributed by atoms with van der Waals surface area (Å²) in [6.07, 6.45) is 2.45. The second-order valence-electron chi connectivity index (χ2n) is 4.43. The molecule has 2 atom stereocenters. The van der Waals surface area contributed by atoms with Gasteiger partial charge in [0.05, 0.1) is 6.04 Å². The van der Waals surface area contributed by atoms with E-state index in [-0.39, 0.29) is 36.8 Å². The van der Waals surface area contributed by atoms with E-state index in [2.05, 4.69) is 11.8 Å². The van der Waals surface area contributed by atoms with E-state index in [1.165, 1.54) is 19.4 Å². The Balaban J connectivity index is 0. The van der Waals surface area contributed by atoms with Gasteiger partial charge in [0, 0.05) is 19.6 Å². The monoisotopic (exact) mass is 285 g/mol. The highest BCUT2D eigenvalue weighted by Gasteiger charge is 2.26. The van der Waals surface area contributed by atoms with Gasteiger partial charge in [-0.1, -0.05) is 6.92 Å². The van der Waals surface area contributed by atoms with Crippen LogP contribution >= 0.6 is 24.8 Å². The summed E-state index contributed by atoms with van der Waals surface area (Å²) in [5.74, 6) is 0.0398. The maximum atomic E-state index is 11.6. The first-order chi connectivity index (χ1) is 7.06. The molecule has 0 spiro atoms. The van der Waals surface area contributed by atoms with Crippen molar-refractivity contribution in [2.75, 3.05) is 26.7 Å². The zero-order chi connectivity index (χ0) is 11.4. The van der Waals surface area contributed by atoms with Crippen molar-refractivity contribution in [3.05, 3.63) is 0 Å². The van der Waals surface area contributed by atoms with Crippen molar-refractivity contribution in [3.8, 4) is 0 Å². The molecule has 1 amide bonds. The fourth-order valence-corrected chi connectivity index (χ4v) is 2.27. The molecule has 17 heavy (non-hydrogen) atoms. The van der Waals surface area contributed by atoms with Gasteiger partial charge in [0.25, 0.3) is 0 Å². The summed E-state index contributed by atoms with van der Waals surface area (Å²) in [5, 5.41) is 0. The maximum absolute atomic E-state index is 11.6. The number of hydrogen-bond acceptors (Lipinski definition) is 3. The zero-order valence-electron chi connectivity index (χ0n) is 10.9. The molecule has 0 bridgehead atoms. The van der Waals surface area contributed by atoms with Gasteiger partial charge in [-0.05, 0) is 32.9 Å². The second kappa shape index (κ2) is 8.97. The Kier molecular flexibility index (Phi) is 10.2. The van der Waals surface area contributed by atoms with E-state index >= 15 is 0 Å². The molecule has 0 saturated carbocycles. The Labute approximate surface area is 117 Å². The minimum atomic E-state index is -0.383. The fraction of sp³-hybridized carbons (Fsp3) is 0.909. The number of carbonyl (C=O) groups excluding carboxylic acids is 1. The van der Waals surface area contributed by atoms with E-state index in [0.29, 0.717) is 6.04 Å². The molecule has 0 aliphatic carbocycles. The Morgan fingerprint density at radius 3 is 2.59 bits per heavy atom. The molecule has 104 valence electrons. The lowest BCUT2D eigenvalue weighted by molar-refractivity contribution is -0.131. The van der Waals surface area contributed by atoms with E-state index in [9.17, 15) is 4.79 Å². The van der Waals surface area contributed by atoms with Crippen molar-refractivity contribution < 1.29 is 4.79 Å². The molecular weight excluding hydrogens is 261 g/mol. The lowest BCUT2D eigenvalue weighted by atomic mass is 10.2. The Hall–Kier alpha value is -0.0300. The highest BCUT2D eigenvalue weighted by molar-refractivity contribution is 5.85. The van der Waals surface area contributed by atoms with Gasteiger partial charge in [0.2, 0.25) is 5.91 Å². The van der Waals surface area contributed by atoms with E-state index in [4.69, 9.17) is 5.73 Å². The number of likely N-dealkylation sites (tertiary alicyclic amines) is 1. The maximum Gasteiger partial charge on any atom is 0.238 e. The van der Waals surface area contributed by atoms with Crippen LogP contribution in [0.3, 0.4) is 0 Å². The summed E-state index contributed by atoms with van der Waals surface area (Å²) >= 11 is 0. The molecule has 0 aromatic carbocycles. The molecule has 0 radical (unpaired) electrons. The van der Waals surface area contributed by atoms with Crippen molar-refractivity contribution in [3.63, 3.8) is 0 Å². The molecule has 1 heterocycles. The van der Waals surface area contributed by atoms with Crippen LogP contribution in [0.1, 0.15) is 26.7 Å². The first-order valence-electron chi connectivity index (χ1n) is 5.80. The van der Waals surface area contributed by atoms with Crippen molar-refractivity contribution in [2.24, 2.45) is 5.73 Å². The van der Waals surface area contributed by atoms with Crippen LogP contribution in [0.4, 0.5) is 0 Å². The van der Waals surface area contributed by atoms with Gasteiger partial charge in [0.1, 0.15) is 0 Å². The molecule has 1 saturated heterocycles. The predicted molar refractivity (Wildman–Crippen MR) is 76.1 cm³/mol. The van der Waals surface area contributed by atoms with E-state index in [0.717, 1.165) is 13.1 Å². The third-order valence-corrected chi connectivity index (χ3v) is 3.16. The Bertz CT molecular complexity index is 227. The fourth-order valence-electron chi connectivity index (χ4n) is 2.27. The van der Waals surface area contributed by atoms with Crippen LogP contribution < -0.4 is 5.73 Å². The highest BCUT2D eigenvalue weighted by atomic mass is 35.5. The minimum absolute atomic E-state index is 0. The quantitative estimate of drug-likeness (QED) is 0.842. The van der Waals surface area contributed by atoms with Crippen LogP contribution in [0.2, 0.25) is 0 Å². The number of hydrogen-bond donors (Lipinski definition) is 1. The van der Waals surface area contributed by atoms with Crippen molar-refractivity contribution >= 4 is 30.7 Å². The number of nitrogens with zero attached hydrogens (tertiary/aromatic N) is 2. The van der Waals surface area contributed by atoms with Gasteiger partial charge in [-0.25, -0.2) is 0 Å². The largest absolute Gasteiger partial charge is 0.343 e. The standard InChI is InChI=1S/C11H23N3O.2ClH/c1-4-14-7-5-6-10(14)8-13(3)11(15)9(2)12;;/h9-10H,4-8,12H2,1-3H3;2*1H/t9-,10?;;/m0../s1. The average molecular weight is 286 g/mol. The third kappa shape index (κ3) is 5.42. The average Bonchev–Trinajstić information content (AvgIpc) is 2.63. The summed E-state index contributed by atoms with van der Waals surface area (Å²) in [6, 6.07) is 0.147. The van der Waals surface area contributed by atoms with Crippen LogP contribution in [0, 0.1) is 0 Å². The first kappa shape index (κ1) is 19.3. The number of halogens is 2. The molecule has 1 aliphatic rings. The van der Waals surface area contributed by atoms with E-state index in [1.54, 1.807) is 11.8 Å². The van der Waals surface area contributed by atoms with E-state index < -0.39 is 0 Å². The lowest BCUT2D eigenvalue weighted by Crippen LogP contribution is -2.46.